The standard InChI is InChI=1S/C15H17F2NO3/c1-9(13(19)20)18-14(21)15(6-2-3-7-15)11-5-4-10(16)8-12(11)17/h4-5,8-9H,2-3,6-7H2,1H3,(H,18,21)(H,19,20). The van der Waals surface area contributed by atoms with Crippen molar-refractivity contribution >= 4 is 11.9 Å². The van der Waals surface area contributed by atoms with Gasteiger partial charge in [-0.1, -0.05) is 18.9 Å². The molecule has 1 saturated carbocycles. The summed E-state index contributed by atoms with van der Waals surface area (Å²) in [4.78, 5) is 23.3. The Balaban J connectivity index is 2.36. The van der Waals surface area contributed by atoms with Crippen LogP contribution >= 0.6 is 0 Å². The van der Waals surface area contributed by atoms with Gasteiger partial charge in [0.25, 0.3) is 0 Å². The van der Waals surface area contributed by atoms with Gasteiger partial charge >= 0.3 is 5.97 Å². The number of aliphatic carboxylic acids is 1. The summed E-state index contributed by atoms with van der Waals surface area (Å²) in [7, 11) is 0. The lowest BCUT2D eigenvalue weighted by Crippen LogP contribution is -2.48. The second-order valence-corrected chi connectivity index (χ2v) is 5.45. The summed E-state index contributed by atoms with van der Waals surface area (Å²) in [5.41, 5.74) is -0.974. The summed E-state index contributed by atoms with van der Waals surface area (Å²) in [6.07, 6.45) is 2.33. The molecule has 1 aromatic rings. The first kappa shape index (κ1) is 15.4. The molecule has 114 valence electrons. The number of carboxylic acid groups (broad SMARTS) is 1. The Kier molecular flexibility index (Phi) is 4.25. The molecule has 0 radical (unpaired) electrons. The van der Waals surface area contributed by atoms with Gasteiger partial charge in [-0.3, -0.25) is 9.59 Å². The average molecular weight is 297 g/mol. The third kappa shape index (κ3) is 2.89. The normalized spacial score (nSPS) is 18.2. The van der Waals surface area contributed by atoms with Crippen LogP contribution in [-0.4, -0.2) is 23.0 Å². The molecule has 1 aliphatic carbocycles. The van der Waals surface area contributed by atoms with E-state index in [1.165, 1.54) is 13.0 Å². The lowest BCUT2D eigenvalue weighted by Gasteiger charge is -2.29. The number of carbonyl (C=O) groups is 2. The Morgan fingerprint density at radius 1 is 1.29 bits per heavy atom. The van der Waals surface area contributed by atoms with Gasteiger partial charge in [-0.2, -0.15) is 0 Å². The summed E-state index contributed by atoms with van der Waals surface area (Å²) in [6, 6.07) is 2.09. The monoisotopic (exact) mass is 297 g/mol. The average Bonchev–Trinajstić information content (AvgIpc) is 2.88. The van der Waals surface area contributed by atoms with Gasteiger partial charge in [-0.05, 0) is 25.8 Å². The molecule has 4 nitrogen and oxygen atoms in total. The molecule has 0 heterocycles. The SMILES string of the molecule is CC(NC(=O)C1(c2ccc(F)cc2F)CCCC1)C(=O)O. The highest BCUT2D eigenvalue weighted by Crippen LogP contribution is 2.42. The van der Waals surface area contributed by atoms with Crippen LogP contribution in [0.1, 0.15) is 38.2 Å². The van der Waals surface area contributed by atoms with Crippen molar-refractivity contribution in [3.63, 3.8) is 0 Å². The molecule has 6 heteroatoms. The van der Waals surface area contributed by atoms with Crippen molar-refractivity contribution in [1.29, 1.82) is 0 Å². The van der Waals surface area contributed by atoms with Crippen LogP contribution in [0.5, 0.6) is 0 Å². The molecule has 1 aliphatic rings. The number of hydrogen-bond donors (Lipinski definition) is 2. The molecule has 2 N–H and O–H groups in total. The van der Waals surface area contributed by atoms with E-state index in [2.05, 4.69) is 5.32 Å². The van der Waals surface area contributed by atoms with Crippen LogP contribution in [0.25, 0.3) is 0 Å². The lowest BCUT2D eigenvalue weighted by molar-refractivity contribution is -0.142. The van der Waals surface area contributed by atoms with Crippen molar-refractivity contribution in [3.8, 4) is 0 Å². The Bertz CT molecular complexity index is 568. The summed E-state index contributed by atoms with van der Waals surface area (Å²) in [6.45, 7) is 1.35. The summed E-state index contributed by atoms with van der Waals surface area (Å²) >= 11 is 0. The molecule has 2 rings (SSSR count). The lowest BCUT2D eigenvalue weighted by atomic mass is 9.77. The van der Waals surface area contributed by atoms with E-state index in [0.717, 1.165) is 25.0 Å². The molecule has 21 heavy (non-hydrogen) atoms. The number of halogens is 2. The van der Waals surface area contributed by atoms with Crippen molar-refractivity contribution < 1.29 is 23.5 Å². The molecule has 0 aromatic heterocycles. The van der Waals surface area contributed by atoms with Gasteiger partial charge in [0, 0.05) is 11.6 Å². The van der Waals surface area contributed by atoms with E-state index in [9.17, 15) is 18.4 Å². The minimum Gasteiger partial charge on any atom is -0.480 e. The molecule has 0 aliphatic heterocycles. The van der Waals surface area contributed by atoms with Crippen LogP contribution in [-0.2, 0) is 15.0 Å². The maximum Gasteiger partial charge on any atom is 0.325 e. The minimum atomic E-state index is -1.16. The van der Waals surface area contributed by atoms with Gasteiger partial charge in [0.05, 0.1) is 5.41 Å². The minimum absolute atomic E-state index is 0.136. The topological polar surface area (TPSA) is 66.4 Å². The fourth-order valence-electron chi connectivity index (χ4n) is 2.87. The number of carboxylic acids is 1. The Hall–Kier alpha value is -1.98. The van der Waals surface area contributed by atoms with Crippen LogP contribution < -0.4 is 5.32 Å². The van der Waals surface area contributed by atoms with Gasteiger partial charge < -0.3 is 10.4 Å². The molecular weight excluding hydrogens is 280 g/mol. The molecule has 0 spiro atoms. The van der Waals surface area contributed by atoms with E-state index >= 15 is 0 Å². The number of nitrogens with one attached hydrogen (secondary N) is 1. The zero-order chi connectivity index (χ0) is 15.6. The van der Waals surface area contributed by atoms with Gasteiger partial charge in [0.1, 0.15) is 17.7 Å². The summed E-state index contributed by atoms with van der Waals surface area (Å²) in [5.74, 6) is -3.14. The second kappa shape index (κ2) is 5.79. The van der Waals surface area contributed by atoms with Crippen LogP contribution in [0.15, 0.2) is 18.2 Å². The van der Waals surface area contributed by atoms with E-state index in [-0.39, 0.29) is 5.56 Å². The zero-order valence-corrected chi connectivity index (χ0v) is 11.7. The maximum atomic E-state index is 14.1. The second-order valence-electron chi connectivity index (χ2n) is 5.45. The molecular formula is C15H17F2NO3. The van der Waals surface area contributed by atoms with Gasteiger partial charge in [-0.15, -0.1) is 0 Å². The largest absolute Gasteiger partial charge is 0.480 e. The quantitative estimate of drug-likeness (QED) is 0.896. The highest BCUT2D eigenvalue weighted by molar-refractivity contribution is 5.91. The Morgan fingerprint density at radius 3 is 2.43 bits per heavy atom. The molecule has 0 bridgehead atoms. The molecule has 1 aromatic carbocycles. The molecule has 0 saturated heterocycles. The maximum absolute atomic E-state index is 14.1. The van der Waals surface area contributed by atoms with Crippen molar-refractivity contribution in [3.05, 3.63) is 35.4 Å². The predicted octanol–water partition coefficient (Wildman–Crippen LogP) is 2.37. The number of hydrogen-bond acceptors (Lipinski definition) is 2. The van der Waals surface area contributed by atoms with E-state index in [4.69, 9.17) is 5.11 Å². The highest BCUT2D eigenvalue weighted by atomic mass is 19.1. The third-order valence-corrected chi connectivity index (χ3v) is 4.06. The predicted molar refractivity (Wildman–Crippen MR) is 71.7 cm³/mol. The first-order chi connectivity index (χ1) is 9.86. The molecule has 1 fully saturated rings. The van der Waals surface area contributed by atoms with Gasteiger partial charge in [-0.25, -0.2) is 8.78 Å². The highest BCUT2D eigenvalue weighted by Gasteiger charge is 2.45. The van der Waals surface area contributed by atoms with Gasteiger partial charge in [0.2, 0.25) is 5.91 Å². The number of carbonyl (C=O) groups excluding carboxylic acids is 1. The zero-order valence-electron chi connectivity index (χ0n) is 11.7. The van der Waals surface area contributed by atoms with Crippen LogP contribution in [0.3, 0.4) is 0 Å². The number of amides is 1. The van der Waals surface area contributed by atoms with Crippen LogP contribution in [0.4, 0.5) is 8.78 Å². The smallest absolute Gasteiger partial charge is 0.325 e. The first-order valence-corrected chi connectivity index (χ1v) is 6.86. The van der Waals surface area contributed by atoms with Crippen molar-refractivity contribution in [1.82, 2.24) is 5.32 Å². The number of rotatable bonds is 4. The number of benzene rings is 1. The molecule has 1 amide bonds. The molecule has 1 unspecified atom stereocenters. The van der Waals surface area contributed by atoms with Crippen LogP contribution in [0.2, 0.25) is 0 Å². The van der Waals surface area contributed by atoms with E-state index in [1.807, 2.05) is 0 Å². The fourth-order valence-corrected chi connectivity index (χ4v) is 2.87. The summed E-state index contributed by atoms with van der Waals surface area (Å²) < 4.78 is 27.1. The Morgan fingerprint density at radius 2 is 1.90 bits per heavy atom. The van der Waals surface area contributed by atoms with Crippen molar-refractivity contribution in [2.45, 2.75) is 44.1 Å². The van der Waals surface area contributed by atoms with Gasteiger partial charge in [0.15, 0.2) is 0 Å². The summed E-state index contributed by atoms with van der Waals surface area (Å²) in [5, 5.41) is 11.3. The molecule has 1 atom stereocenters. The van der Waals surface area contributed by atoms with Crippen molar-refractivity contribution in [2.75, 3.05) is 0 Å². The van der Waals surface area contributed by atoms with Crippen LogP contribution in [0, 0.1) is 11.6 Å². The third-order valence-electron chi connectivity index (χ3n) is 4.06. The van der Waals surface area contributed by atoms with E-state index in [1.54, 1.807) is 0 Å². The van der Waals surface area contributed by atoms with Crippen molar-refractivity contribution in [2.24, 2.45) is 0 Å². The fraction of sp³-hybridized carbons (Fsp3) is 0.467. The Labute approximate surface area is 121 Å². The van der Waals surface area contributed by atoms with E-state index in [0.29, 0.717) is 12.8 Å². The first-order valence-electron chi connectivity index (χ1n) is 6.86. The van der Waals surface area contributed by atoms with E-state index < -0.39 is 35.0 Å².